The summed E-state index contributed by atoms with van der Waals surface area (Å²) in [6.45, 7) is 7.30. The molecule has 2 rings (SSSR count). The van der Waals surface area contributed by atoms with Gasteiger partial charge < -0.3 is 15.4 Å². The second kappa shape index (κ2) is 5.39. The van der Waals surface area contributed by atoms with Crippen molar-refractivity contribution in [2.75, 3.05) is 5.32 Å². The number of hydrogen-bond donors (Lipinski definition) is 2. The maximum Gasteiger partial charge on any atom is 0.408 e. The smallest absolute Gasteiger partial charge is 0.408 e. The van der Waals surface area contributed by atoms with Crippen LogP contribution < -0.4 is 10.6 Å². The first-order valence-electron chi connectivity index (χ1n) is 7.10. The second-order valence-electron chi connectivity index (χ2n) is 6.48. The van der Waals surface area contributed by atoms with E-state index >= 15 is 0 Å². The van der Waals surface area contributed by atoms with Crippen LogP contribution in [0.5, 0.6) is 0 Å². The fourth-order valence-corrected chi connectivity index (χ4v) is 1.99. The van der Waals surface area contributed by atoms with Gasteiger partial charge in [0.15, 0.2) is 0 Å². The number of anilines is 1. The van der Waals surface area contributed by atoms with E-state index in [-0.39, 0.29) is 5.91 Å². The minimum atomic E-state index is -0.829. The minimum absolute atomic E-state index is 0.192. The van der Waals surface area contributed by atoms with Gasteiger partial charge in [-0.15, -0.1) is 0 Å². The molecule has 0 aromatic heterocycles. The summed E-state index contributed by atoms with van der Waals surface area (Å²) in [6.07, 6.45) is 0.702. The first kappa shape index (κ1) is 15.4. The molecule has 0 spiro atoms. The second-order valence-corrected chi connectivity index (χ2v) is 6.48. The molecule has 1 saturated carbocycles. The zero-order chi connectivity index (χ0) is 15.7. The van der Waals surface area contributed by atoms with Crippen molar-refractivity contribution in [1.82, 2.24) is 5.32 Å². The van der Waals surface area contributed by atoms with Gasteiger partial charge in [-0.2, -0.15) is 0 Å². The fraction of sp³-hybridized carbons (Fsp3) is 0.500. The Morgan fingerprint density at radius 3 is 2.33 bits per heavy atom. The lowest BCUT2D eigenvalue weighted by Crippen LogP contribution is -2.47. The molecular weight excluding hydrogens is 268 g/mol. The average Bonchev–Trinajstić information content (AvgIpc) is 3.10. The summed E-state index contributed by atoms with van der Waals surface area (Å²) in [4.78, 5) is 24.2. The number of carbonyl (C=O) groups is 2. The van der Waals surface area contributed by atoms with Gasteiger partial charge in [-0.1, -0.05) is 18.2 Å². The molecule has 0 aliphatic heterocycles. The van der Waals surface area contributed by atoms with Crippen LogP contribution in [0, 0.1) is 6.92 Å². The van der Waals surface area contributed by atoms with Crippen molar-refractivity contribution in [1.29, 1.82) is 0 Å². The van der Waals surface area contributed by atoms with Gasteiger partial charge in [-0.3, -0.25) is 4.79 Å². The molecule has 0 bridgehead atoms. The first-order valence-corrected chi connectivity index (χ1v) is 7.10. The number of amides is 2. The zero-order valence-corrected chi connectivity index (χ0v) is 12.9. The highest BCUT2D eigenvalue weighted by Crippen LogP contribution is 2.37. The van der Waals surface area contributed by atoms with Crippen LogP contribution >= 0.6 is 0 Å². The third kappa shape index (κ3) is 3.97. The standard InChI is InChI=1S/C16H22N2O3/c1-11-7-5-6-8-12(11)17-13(19)16(9-10-16)18-14(20)21-15(2,3)4/h5-8H,9-10H2,1-4H3,(H,17,19)(H,18,20). The first-order chi connectivity index (χ1) is 9.72. The van der Waals surface area contributed by atoms with E-state index in [1.807, 2.05) is 31.2 Å². The molecule has 1 aliphatic carbocycles. The molecule has 0 heterocycles. The number of para-hydroxylation sites is 1. The summed E-state index contributed by atoms with van der Waals surface area (Å²) >= 11 is 0. The van der Waals surface area contributed by atoms with Crippen LogP contribution in [0.25, 0.3) is 0 Å². The van der Waals surface area contributed by atoms with E-state index in [1.54, 1.807) is 20.8 Å². The van der Waals surface area contributed by atoms with Gasteiger partial charge in [0.05, 0.1) is 0 Å². The van der Waals surface area contributed by atoms with Crippen LogP contribution in [0.4, 0.5) is 10.5 Å². The van der Waals surface area contributed by atoms with Crippen molar-refractivity contribution in [3.63, 3.8) is 0 Å². The van der Waals surface area contributed by atoms with Crippen molar-refractivity contribution >= 4 is 17.7 Å². The number of hydrogen-bond acceptors (Lipinski definition) is 3. The summed E-state index contributed by atoms with van der Waals surface area (Å²) in [5.41, 5.74) is 0.343. The largest absolute Gasteiger partial charge is 0.444 e. The van der Waals surface area contributed by atoms with E-state index in [0.29, 0.717) is 12.8 Å². The fourth-order valence-electron chi connectivity index (χ4n) is 1.99. The molecule has 1 aromatic carbocycles. The van der Waals surface area contributed by atoms with E-state index in [9.17, 15) is 9.59 Å². The number of aryl methyl sites for hydroxylation is 1. The Labute approximate surface area is 125 Å². The Morgan fingerprint density at radius 2 is 1.81 bits per heavy atom. The monoisotopic (exact) mass is 290 g/mol. The van der Waals surface area contributed by atoms with Crippen molar-refractivity contribution in [3.8, 4) is 0 Å². The molecular formula is C16H22N2O3. The summed E-state index contributed by atoms with van der Waals surface area (Å²) < 4.78 is 5.21. The topological polar surface area (TPSA) is 67.4 Å². The van der Waals surface area contributed by atoms with Gasteiger partial charge in [0.2, 0.25) is 5.91 Å². The SMILES string of the molecule is Cc1ccccc1NC(=O)C1(NC(=O)OC(C)(C)C)CC1. The Morgan fingerprint density at radius 1 is 1.19 bits per heavy atom. The number of ether oxygens (including phenoxy) is 1. The molecule has 1 aromatic rings. The van der Waals surface area contributed by atoms with E-state index in [1.165, 1.54) is 0 Å². The lowest BCUT2D eigenvalue weighted by atomic mass is 10.1. The minimum Gasteiger partial charge on any atom is -0.444 e. The Hall–Kier alpha value is -2.04. The van der Waals surface area contributed by atoms with Crippen LogP contribution in [-0.4, -0.2) is 23.1 Å². The number of benzene rings is 1. The molecule has 0 saturated heterocycles. The molecule has 0 unspecified atom stereocenters. The van der Waals surface area contributed by atoms with E-state index < -0.39 is 17.2 Å². The highest BCUT2D eigenvalue weighted by molar-refractivity contribution is 6.02. The number of nitrogens with one attached hydrogen (secondary N) is 2. The maximum atomic E-state index is 12.4. The van der Waals surface area contributed by atoms with Crippen LogP contribution in [0.1, 0.15) is 39.2 Å². The molecule has 2 N–H and O–H groups in total. The van der Waals surface area contributed by atoms with Gasteiger partial charge >= 0.3 is 6.09 Å². The average molecular weight is 290 g/mol. The lowest BCUT2D eigenvalue weighted by molar-refractivity contribution is -0.119. The van der Waals surface area contributed by atoms with Crippen LogP contribution in [-0.2, 0) is 9.53 Å². The van der Waals surface area contributed by atoms with Gasteiger partial charge in [0, 0.05) is 5.69 Å². The molecule has 5 nitrogen and oxygen atoms in total. The molecule has 1 aliphatic rings. The predicted molar refractivity (Wildman–Crippen MR) is 81.1 cm³/mol. The normalized spacial score (nSPS) is 16.0. The highest BCUT2D eigenvalue weighted by atomic mass is 16.6. The summed E-state index contributed by atoms with van der Waals surface area (Å²) in [7, 11) is 0. The molecule has 114 valence electrons. The van der Waals surface area contributed by atoms with Crippen LogP contribution in [0.3, 0.4) is 0 Å². The summed E-state index contributed by atoms with van der Waals surface area (Å²) in [5, 5.41) is 5.56. The predicted octanol–water partition coefficient (Wildman–Crippen LogP) is 2.99. The third-order valence-corrected chi connectivity index (χ3v) is 3.32. The van der Waals surface area contributed by atoms with Gasteiger partial charge in [0.25, 0.3) is 0 Å². The van der Waals surface area contributed by atoms with E-state index in [2.05, 4.69) is 10.6 Å². The van der Waals surface area contributed by atoms with Crippen molar-refractivity contribution < 1.29 is 14.3 Å². The lowest BCUT2D eigenvalue weighted by Gasteiger charge is -2.23. The molecule has 2 amide bonds. The van der Waals surface area contributed by atoms with E-state index in [0.717, 1.165) is 11.3 Å². The quantitative estimate of drug-likeness (QED) is 0.899. The zero-order valence-electron chi connectivity index (χ0n) is 12.9. The van der Waals surface area contributed by atoms with Crippen molar-refractivity contribution in [3.05, 3.63) is 29.8 Å². The molecule has 21 heavy (non-hydrogen) atoms. The van der Waals surface area contributed by atoms with Crippen molar-refractivity contribution in [2.24, 2.45) is 0 Å². The summed E-state index contributed by atoms with van der Waals surface area (Å²) in [5.74, 6) is -0.192. The van der Waals surface area contributed by atoms with Gasteiger partial charge in [0.1, 0.15) is 11.1 Å². The Balaban J connectivity index is 1.99. The van der Waals surface area contributed by atoms with Gasteiger partial charge in [-0.25, -0.2) is 4.79 Å². The number of alkyl carbamates (subject to hydrolysis) is 1. The van der Waals surface area contributed by atoms with Gasteiger partial charge in [-0.05, 0) is 52.2 Å². The van der Waals surface area contributed by atoms with Crippen molar-refractivity contribution in [2.45, 2.75) is 51.7 Å². The Kier molecular flexibility index (Phi) is 3.94. The van der Waals surface area contributed by atoms with Crippen LogP contribution in [0.15, 0.2) is 24.3 Å². The molecule has 1 fully saturated rings. The molecule has 0 radical (unpaired) electrons. The highest BCUT2D eigenvalue weighted by Gasteiger charge is 2.52. The molecule has 5 heteroatoms. The number of carbonyl (C=O) groups excluding carboxylic acids is 2. The summed E-state index contributed by atoms with van der Waals surface area (Å²) in [6, 6.07) is 7.55. The Bertz CT molecular complexity index is 557. The van der Waals surface area contributed by atoms with Crippen LogP contribution in [0.2, 0.25) is 0 Å². The maximum absolute atomic E-state index is 12.4. The third-order valence-electron chi connectivity index (χ3n) is 3.32. The number of rotatable bonds is 3. The van der Waals surface area contributed by atoms with E-state index in [4.69, 9.17) is 4.74 Å². The molecule has 0 atom stereocenters.